The number of anilines is 1. The Morgan fingerprint density at radius 1 is 0.530 bits per heavy atom. The first-order valence-electron chi connectivity index (χ1n) is 43.7. The van der Waals surface area contributed by atoms with Gasteiger partial charge in [0.2, 0.25) is 0 Å². The van der Waals surface area contributed by atoms with E-state index in [1.807, 2.05) is 154 Å². The van der Waals surface area contributed by atoms with Crippen LogP contribution in [-0.2, 0) is 53.8 Å². The van der Waals surface area contributed by atoms with Crippen molar-refractivity contribution in [3.63, 3.8) is 0 Å². The van der Waals surface area contributed by atoms with Crippen molar-refractivity contribution >= 4 is 85.1 Å². The Labute approximate surface area is 791 Å². The lowest BCUT2D eigenvalue weighted by Crippen LogP contribution is -2.44. The highest BCUT2D eigenvalue weighted by molar-refractivity contribution is 6.36. The summed E-state index contributed by atoms with van der Waals surface area (Å²) in [6.07, 6.45) is 8.94. The monoisotopic (exact) mass is 1870 g/mol. The van der Waals surface area contributed by atoms with E-state index in [1.165, 1.54) is 145 Å². The van der Waals surface area contributed by atoms with Crippen molar-refractivity contribution in [3.8, 4) is 22.6 Å². The molecule has 18 rings (SSSR count). The number of para-hydroxylation sites is 2. The number of imidazole rings is 1. The molecular formula is C111H104Cl3F8N5O7. The van der Waals surface area contributed by atoms with Crippen LogP contribution in [0.3, 0.4) is 0 Å². The summed E-state index contributed by atoms with van der Waals surface area (Å²) in [6, 6.07) is 90.6. The third kappa shape index (κ3) is 31.7. The molecule has 14 aromatic carbocycles. The van der Waals surface area contributed by atoms with E-state index < -0.39 is 23.6 Å². The van der Waals surface area contributed by atoms with Gasteiger partial charge in [-0.05, 0) is 274 Å². The molecule has 0 bridgehead atoms. The molecule has 1 aliphatic carbocycles. The molecule has 1 saturated carbocycles. The van der Waals surface area contributed by atoms with Gasteiger partial charge in [-0.25, -0.2) is 44.9 Å². The van der Waals surface area contributed by atoms with Gasteiger partial charge in [0.1, 0.15) is 76.9 Å². The van der Waals surface area contributed by atoms with Gasteiger partial charge in [-0.3, -0.25) is 9.69 Å². The Kier molecular flexibility index (Phi) is 38.1. The van der Waals surface area contributed by atoms with Gasteiger partial charge in [-0.1, -0.05) is 230 Å². The number of ketones is 1. The summed E-state index contributed by atoms with van der Waals surface area (Å²) >= 11 is 17.8. The number of hydrogen-bond donors (Lipinski definition) is 0. The van der Waals surface area contributed by atoms with E-state index in [4.69, 9.17) is 58.3 Å². The molecule has 0 N–H and O–H groups in total. The molecule has 16 aromatic rings. The second-order valence-corrected chi connectivity index (χ2v) is 34.1. The number of carbonyl (C=O) groups excluding carboxylic acids is 2. The summed E-state index contributed by atoms with van der Waals surface area (Å²) in [7, 11) is 0. The zero-order chi connectivity index (χ0) is 95.6. The van der Waals surface area contributed by atoms with Crippen LogP contribution in [0.4, 0.5) is 45.6 Å². The fraction of sp³-hybridized carbons (Fsp3) is 0.207. The summed E-state index contributed by atoms with van der Waals surface area (Å²) in [5.74, 6) is -0.261. The van der Waals surface area contributed by atoms with E-state index in [9.17, 15) is 44.7 Å². The van der Waals surface area contributed by atoms with Gasteiger partial charge in [0.15, 0.2) is 11.4 Å². The van der Waals surface area contributed by atoms with Gasteiger partial charge in [-0.2, -0.15) is 0 Å². The van der Waals surface area contributed by atoms with Gasteiger partial charge in [0.05, 0.1) is 52.4 Å². The average molecular weight is 1870 g/mol. The number of nitrogens with zero attached hydrogens (tertiary/aromatic N) is 5. The molecule has 1 atom stereocenters. The standard InChI is InChI=1S/C23H28FNO4.C16H11F.C14H11Cl2FO.C14H12ClFO.C14H11FN2.C12H15F.C10H10FN.C8H6FNO/c1-16(17(2)26)25(22(27)29-23(3,4)5)14-18-9-11-21(12-10-18)28-15-19-7-6-8-20(24)13-19;17-14-10-8-13(9-11-14)16-7-3-5-12-4-1-2-6-15(12)16;15-12-6-7-13(17)14(16)11(12)9-18-8-10-4-2-1-3-5-10;1-10-5-6-14(13(15)7-10)17-9-11-3-2-4-12(16)8-11;15-12-7-5-11(6-8-12)9-17-10-16-13-3-1-2-4-14(13)17;13-12-8-6-11(7-9-12)10-4-2-1-3-5-10;1-8-6-7-12(8)10-4-2-9(11)3-5-10;1-5-7-3-2-6(9)4-8(7)11-10-5/h6-13,16H,14-15H2,1-5H3;1-11H;1-7H,8-9H2;2-8H,9H2,1H3;1-8,10H,9H2;6-10H,1-5H2;2-5H,1,6-7H2;2-4H,1H3/i24-1;2*17-1;16-1;15-1;13-1;11-1;9-1. The number of Topliss-reactive ketones (excluding diaryl/α,β-unsaturated/α-hetero) is 1. The van der Waals surface area contributed by atoms with E-state index >= 15 is 0 Å². The van der Waals surface area contributed by atoms with Crippen molar-refractivity contribution in [1.82, 2.24) is 19.6 Å². The number of amides is 1. The molecule has 23 heteroatoms. The van der Waals surface area contributed by atoms with E-state index in [-0.39, 0.29) is 71.3 Å². The van der Waals surface area contributed by atoms with E-state index in [0.717, 1.165) is 91.0 Å². The van der Waals surface area contributed by atoms with Gasteiger partial charge < -0.3 is 32.9 Å². The minimum absolute atomic E-state index is 0.0237. The van der Waals surface area contributed by atoms with Crippen LogP contribution in [-0.4, -0.2) is 49.7 Å². The molecule has 1 unspecified atom stereocenters. The van der Waals surface area contributed by atoms with Crippen LogP contribution in [0.15, 0.2) is 339 Å². The van der Waals surface area contributed by atoms with Crippen molar-refractivity contribution in [3.05, 3.63) is 446 Å². The van der Waals surface area contributed by atoms with Crippen LogP contribution in [0, 0.1) is 60.4 Å². The third-order valence-electron chi connectivity index (χ3n) is 21.6. The SMILES string of the molecule is C=C1CCN1c1ccc([18F])cc1.CC(=O)C(C)N(Cc1ccc(OCc2cccc([18F])c2)cc1)C(=O)OC(C)(C)C.Cc1ccc(OCc2cccc([18F])c2)c(Cl)c1.Cc1noc2cc([18F])ccc12.[18F]c1ccc(-c2cccc3ccccc23)cc1.[18F]c1ccc(C2CCCCC2)cc1.[18F]c1ccc(Cl)c(COCc2ccccc2)c1Cl.[18F]c1ccc(Cn2cnc3ccccc32)cc1. The number of aromatic nitrogens is 3. The highest BCUT2D eigenvalue weighted by Crippen LogP contribution is 2.35. The molecule has 2 aromatic heterocycles. The number of fused-ring (bicyclic) bond motifs is 3. The highest BCUT2D eigenvalue weighted by atomic mass is 35.5. The zero-order valence-electron chi connectivity index (χ0n) is 75.4. The maximum atomic E-state index is 13.3. The van der Waals surface area contributed by atoms with E-state index in [2.05, 4.69) is 50.5 Å². The Morgan fingerprint density at radius 2 is 1.10 bits per heavy atom. The van der Waals surface area contributed by atoms with Crippen molar-refractivity contribution in [2.24, 2.45) is 0 Å². The van der Waals surface area contributed by atoms with Crippen LogP contribution < -0.4 is 14.4 Å². The van der Waals surface area contributed by atoms with Crippen LogP contribution in [0.5, 0.6) is 11.5 Å². The fourth-order valence-electron chi connectivity index (χ4n) is 14.2. The largest absolute Gasteiger partial charge is 0.489 e. The minimum atomic E-state index is -0.652. The lowest BCUT2D eigenvalue weighted by molar-refractivity contribution is -0.121. The highest BCUT2D eigenvalue weighted by Gasteiger charge is 2.29. The van der Waals surface area contributed by atoms with Crippen LogP contribution in [0.2, 0.25) is 15.1 Å². The fourth-order valence-corrected chi connectivity index (χ4v) is 15.0. The zero-order valence-corrected chi connectivity index (χ0v) is 77.7. The first-order valence-corrected chi connectivity index (χ1v) is 44.8. The molecule has 134 heavy (non-hydrogen) atoms. The van der Waals surface area contributed by atoms with Crippen molar-refractivity contribution in [2.45, 2.75) is 144 Å². The lowest BCUT2D eigenvalue weighted by atomic mass is 9.84. The van der Waals surface area contributed by atoms with Crippen molar-refractivity contribution < 1.29 is 68.2 Å². The molecule has 1 amide bonds. The number of benzene rings is 14. The number of hydrogen-bond acceptors (Lipinski definition) is 10. The quantitative estimate of drug-likeness (QED) is 0.0571. The smallest absolute Gasteiger partial charge is 0.411 e. The second kappa shape index (κ2) is 50.5. The number of ether oxygens (including phenoxy) is 4. The predicted octanol–water partition coefficient (Wildman–Crippen LogP) is 30.9. The molecule has 0 radical (unpaired) electrons. The predicted molar refractivity (Wildman–Crippen MR) is 520 cm³/mol. The van der Waals surface area contributed by atoms with Crippen LogP contribution >= 0.6 is 34.8 Å². The maximum absolute atomic E-state index is 13.3. The Balaban J connectivity index is 0.000000150. The van der Waals surface area contributed by atoms with Crippen LogP contribution in [0.1, 0.15) is 129 Å². The minimum Gasteiger partial charge on any atom is -0.489 e. The summed E-state index contributed by atoms with van der Waals surface area (Å²) in [4.78, 5) is 32.2. The molecule has 692 valence electrons. The maximum Gasteiger partial charge on any atom is 0.411 e. The summed E-state index contributed by atoms with van der Waals surface area (Å²) in [5, 5.41) is 7.97. The molecular weight excluding hydrogens is 1770 g/mol. The van der Waals surface area contributed by atoms with Gasteiger partial charge in [0, 0.05) is 59.5 Å². The summed E-state index contributed by atoms with van der Waals surface area (Å²) < 4.78 is 132. The number of aryl methyl sites for hydroxylation is 2. The summed E-state index contributed by atoms with van der Waals surface area (Å²) in [6.45, 7) is 19.3. The van der Waals surface area contributed by atoms with Gasteiger partial charge in [0.25, 0.3) is 0 Å². The van der Waals surface area contributed by atoms with E-state index in [1.54, 1.807) is 100 Å². The average Bonchev–Trinajstić information content (AvgIpc) is 1.41. The normalized spacial score (nSPS) is 12.3. The Bertz CT molecular complexity index is 6460. The molecule has 3 heterocycles. The molecule has 1 aliphatic heterocycles. The molecule has 2 fully saturated rings. The third-order valence-corrected chi connectivity index (χ3v) is 22.6. The van der Waals surface area contributed by atoms with Gasteiger partial charge in [-0.15, -0.1) is 0 Å². The lowest BCUT2D eigenvalue weighted by Gasteiger charge is -2.35. The molecule has 1 saturated heterocycles. The van der Waals surface area contributed by atoms with Gasteiger partial charge >= 0.3 is 6.09 Å². The topological polar surface area (TPSA) is 121 Å². The van der Waals surface area contributed by atoms with Crippen molar-refractivity contribution in [1.29, 1.82) is 0 Å². The summed E-state index contributed by atoms with van der Waals surface area (Å²) in [5.41, 5.74) is 14.4. The first-order chi connectivity index (χ1) is 64.4. The first kappa shape index (κ1) is 101. The van der Waals surface area contributed by atoms with Crippen LogP contribution in [0.25, 0.3) is 43.9 Å². The molecule has 12 nitrogen and oxygen atoms in total. The molecule has 0 spiro atoms. The number of halogens is 11. The molecule has 2 aliphatic rings. The van der Waals surface area contributed by atoms with Crippen molar-refractivity contribution in [2.75, 3.05) is 11.4 Å². The van der Waals surface area contributed by atoms with E-state index in [0.29, 0.717) is 58.4 Å². The Morgan fingerprint density at radius 3 is 1.72 bits per heavy atom. The number of rotatable bonds is 19. The number of carbonyl (C=O) groups is 2. The Hall–Kier alpha value is -13.4. The second-order valence-electron chi connectivity index (χ2n) is 32.9.